The molecule has 1 aliphatic heterocycles. The first kappa shape index (κ1) is 16.6. The number of rotatable bonds is 3. The third kappa shape index (κ3) is 2.65. The van der Waals surface area contributed by atoms with Crippen molar-refractivity contribution < 1.29 is 14.5 Å². The van der Waals surface area contributed by atoms with Crippen LogP contribution in [-0.2, 0) is 0 Å². The Morgan fingerprint density at radius 3 is 2.41 bits per heavy atom. The topological polar surface area (TPSA) is 92.9 Å². The highest BCUT2D eigenvalue weighted by Gasteiger charge is 2.34. The van der Waals surface area contributed by atoms with Gasteiger partial charge < -0.3 is 0 Å². The summed E-state index contributed by atoms with van der Waals surface area (Å²) in [5.74, 6) is -1.22. The minimum atomic E-state index is -0.609. The van der Waals surface area contributed by atoms with Crippen molar-refractivity contribution in [3.8, 4) is 0 Å². The molecule has 0 saturated heterocycles. The van der Waals surface area contributed by atoms with E-state index in [2.05, 4.69) is 5.10 Å². The first-order valence-corrected chi connectivity index (χ1v) is 8.17. The third-order valence-corrected chi connectivity index (χ3v) is 4.42. The first-order chi connectivity index (χ1) is 13.0. The van der Waals surface area contributed by atoms with E-state index >= 15 is 0 Å². The van der Waals surface area contributed by atoms with Gasteiger partial charge in [-0.25, -0.2) is 0 Å². The quantitative estimate of drug-likeness (QED) is 0.308. The summed E-state index contributed by atoms with van der Waals surface area (Å²) in [5, 5.41) is 16.7. The summed E-state index contributed by atoms with van der Waals surface area (Å²) in [7, 11) is 0. The number of hydrogen-bond acceptors (Lipinski definition) is 5. The Kier molecular flexibility index (Phi) is 3.77. The van der Waals surface area contributed by atoms with E-state index in [0.717, 1.165) is 16.1 Å². The second-order valence-corrected chi connectivity index (χ2v) is 6.20. The Morgan fingerprint density at radius 1 is 1.00 bits per heavy atom. The number of carbonyl (C=O) groups is 2. The number of non-ortho nitro benzene ring substituents is 1. The summed E-state index contributed by atoms with van der Waals surface area (Å²) < 4.78 is 0. The molecular formula is C20H13N3O4. The molecule has 7 nitrogen and oxygen atoms in total. The van der Waals surface area contributed by atoms with Crippen LogP contribution in [-0.4, -0.2) is 28.0 Å². The van der Waals surface area contributed by atoms with Crippen LogP contribution in [0, 0.1) is 17.0 Å². The fourth-order valence-electron chi connectivity index (χ4n) is 3.21. The van der Waals surface area contributed by atoms with Crippen molar-refractivity contribution in [1.29, 1.82) is 0 Å². The number of carbonyl (C=O) groups excluding carboxylic acids is 2. The zero-order chi connectivity index (χ0) is 19.1. The highest BCUT2D eigenvalue weighted by Crippen LogP contribution is 2.35. The van der Waals surface area contributed by atoms with E-state index in [9.17, 15) is 19.7 Å². The minimum absolute atomic E-state index is 0.145. The lowest BCUT2D eigenvalue weighted by atomic mass is 9.94. The van der Waals surface area contributed by atoms with Crippen molar-refractivity contribution >= 4 is 34.5 Å². The number of nitrogens with zero attached hydrogens (tertiary/aromatic N) is 3. The normalized spacial score (nSPS) is 13.6. The van der Waals surface area contributed by atoms with Gasteiger partial charge in [-0.3, -0.25) is 19.7 Å². The van der Waals surface area contributed by atoms with Crippen molar-refractivity contribution in [2.24, 2.45) is 5.10 Å². The average Bonchev–Trinajstić information content (AvgIpc) is 2.65. The summed E-state index contributed by atoms with van der Waals surface area (Å²) in [6, 6.07) is 14.8. The van der Waals surface area contributed by atoms with Gasteiger partial charge >= 0.3 is 0 Å². The maximum Gasteiger partial charge on any atom is 0.282 e. The largest absolute Gasteiger partial charge is 0.282 e. The molecule has 0 bridgehead atoms. The lowest BCUT2D eigenvalue weighted by Crippen LogP contribution is -2.36. The van der Waals surface area contributed by atoms with E-state index < -0.39 is 16.7 Å². The summed E-state index contributed by atoms with van der Waals surface area (Å²) in [6.07, 6.45) is 1.44. The number of amides is 2. The average molecular weight is 359 g/mol. The number of aryl methyl sites for hydroxylation is 1. The van der Waals surface area contributed by atoms with E-state index in [1.54, 1.807) is 12.1 Å². The van der Waals surface area contributed by atoms with E-state index in [4.69, 9.17) is 0 Å². The Bertz CT molecular complexity index is 1140. The molecule has 2 amide bonds. The minimum Gasteiger partial charge on any atom is -0.267 e. The highest BCUT2D eigenvalue weighted by molar-refractivity contribution is 6.26. The second-order valence-electron chi connectivity index (χ2n) is 6.20. The van der Waals surface area contributed by atoms with Gasteiger partial charge in [-0.2, -0.15) is 10.1 Å². The van der Waals surface area contributed by atoms with Crippen LogP contribution in [0.15, 0.2) is 59.7 Å². The van der Waals surface area contributed by atoms with E-state index in [1.807, 2.05) is 31.2 Å². The SMILES string of the molecule is Cc1cccc(/C=N\N2C(=O)c3cccc4c([N+](=O)[O-])ccc(c34)C2=O)c1. The Labute approximate surface area is 153 Å². The molecule has 0 atom stereocenters. The molecule has 3 aromatic carbocycles. The summed E-state index contributed by atoms with van der Waals surface area (Å²) >= 11 is 0. The molecule has 7 heteroatoms. The lowest BCUT2D eigenvalue weighted by molar-refractivity contribution is -0.383. The second kappa shape index (κ2) is 6.14. The lowest BCUT2D eigenvalue weighted by Gasteiger charge is -2.22. The Hall–Kier alpha value is -3.87. The monoisotopic (exact) mass is 359 g/mol. The molecule has 3 aromatic rings. The van der Waals surface area contributed by atoms with Crippen molar-refractivity contribution in [2.75, 3.05) is 0 Å². The van der Waals surface area contributed by atoms with E-state index in [0.29, 0.717) is 5.39 Å². The van der Waals surface area contributed by atoms with Gasteiger partial charge in [0.1, 0.15) is 0 Å². The molecule has 0 radical (unpaired) electrons. The smallest absolute Gasteiger partial charge is 0.267 e. The van der Waals surface area contributed by atoms with Crippen molar-refractivity contribution in [2.45, 2.75) is 6.92 Å². The first-order valence-electron chi connectivity index (χ1n) is 8.17. The molecular weight excluding hydrogens is 346 g/mol. The van der Waals surface area contributed by atoms with Crippen molar-refractivity contribution in [3.63, 3.8) is 0 Å². The van der Waals surface area contributed by atoms with Gasteiger partial charge in [0.25, 0.3) is 17.5 Å². The van der Waals surface area contributed by atoms with Gasteiger partial charge in [-0.1, -0.05) is 35.9 Å². The summed E-state index contributed by atoms with van der Waals surface area (Å²) in [4.78, 5) is 36.3. The number of nitro groups is 1. The van der Waals surface area contributed by atoms with Crippen molar-refractivity contribution in [1.82, 2.24) is 5.01 Å². The molecule has 1 heterocycles. The predicted octanol–water partition coefficient (Wildman–Crippen LogP) is 3.69. The fraction of sp³-hybridized carbons (Fsp3) is 0.0500. The zero-order valence-electron chi connectivity index (χ0n) is 14.2. The molecule has 0 aliphatic carbocycles. The van der Waals surface area contributed by atoms with Gasteiger partial charge in [0.15, 0.2) is 0 Å². The highest BCUT2D eigenvalue weighted by atomic mass is 16.6. The van der Waals surface area contributed by atoms with Gasteiger partial charge in [0.2, 0.25) is 0 Å². The molecule has 0 fully saturated rings. The van der Waals surface area contributed by atoms with Crippen LogP contribution in [0.4, 0.5) is 5.69 Å². The molecule has 0 saturated carbocycles. The number of benzene rings is 3. The maximum atomic E-state index is 12.8. The zero-order valence-corrected chi connectivity index (χ0v) is 14.2. The molecule has 4 rings (SSSR count). The number of imide groups is 1. The van der Waals surface area contributed by atoms with E-state index in [1.165, 1.54) is 24.4 Å². The molecule has 0 unspecified atom stereocenters. The van der Waals surface area contributed by atoms with Crippen LogP contribution in [0.2, 0.25) is 0 Å². The van der Waals surface area contributed by atoms with Crippen LogP contribution >= 0.6 is 0 Å². The van der Waals surface area contributed by atoms with Gasteiger partial charge in [0.05, 0.1) is 27.7 Å². The molecule has 0 aromatic heterocycles. The van der Waals surface area contributed by atoms with Crippen LogP contribution in [0.1, 0.15) is 31.8 Å². The molecule has 1 aliphatic rings. The predicted molar refractivity (Wildman–Crippen MR) is 99.9 cm³/mol. The van der Waals surface area contributed by atoms with Crippen LogP contribution in [0.5, 0.6) is 0 Å². The molecule has 132 valence electrons. The van der Waals surface area contributed by atoms with Gasteiger partial charge in [-0.05, 0) is 30.7 Å². The van der Waals surface area contributed by atoms with Gasteiger partial charge in [-0.15, -0.1) is 0 Å². The number of nitro benzene ring substituents is 1. The molecule has 27 heavy (non-hydrogen) atoms. The van der Waals surface area contributed by atoms with Crippen molar-refractivity contribution in [3.05, 3.63) is 87.0 Å². The number of hydrogen-bond donors (Lipinski definition) is 0. The molecule has 0 N–H and O–H groups in total. The Balaban J connectivity index is 1.83. The maximum absolute atomic E-state index is 12.8. The fourth-order valence-corrected chi connectivity index (χ4v) is 3.21. The van der Waals surface area contributed by atoms with Gasteiger partial charge in [0, 0.05) is 11.5 Å². The van der Waals surface area contributed by atoms with Crippen LogP contribution < -0.4 is 0 Å². The summed E-state index contributed by atoms with van der Waals surface area (Å²) in [6.45, 7) is 1.93. The molecule has 0 spiro atoms. The number of hydrazone groups is 1. The summed E-state index contributed by atoms with van der Waals surface area (Å²) in [5.41, 5.74) is 2.06. The van der Waals surface area contributed by atoms with Crippen LogP contribution in [0.3, 0.4) is 0 Å². The standard InChI is InChI=1S/C20H13N3O4/c1-12-4-2-5-13(10-12)11-21-22-19(24)15-7-3-6-14-17(23(26)27)9-8-16(18(14)15)20(22)25/h2-11H,1H3/b21-11-. The van der Waals surface area contributed by atoms with E-state index in [-0.39, 0.29) is 22.2 Å². The third-order valence-electron chi connectivity index (χ3n) is 4.42. The van der Waals surface area contributed by atoms with Crippen LogP contribution in [0.25, 0.3) is 10.8 Å². The Morgan fingerprint density at radius 2 is 1.70 bits per heavy atom.